The maximum absolute atomic E-state index is 12.6. The van der Waals surface area contributed by atoms with Crippen molar-refractivity contribution in [3.05, 3.63) is 64.0 Å². The summed E-state index contributed by atoms with van der Waals surface area (Å²) in [5.41, 5.74) is 1.69. The second-order valence-electron chi connectivity index (χ2n) is 4.99. The number of thiophene rings is 1. The first-order chi connectivity index (χ1) is 11.2. The first-order valence-corrected chi connectivity index (χ1v) is 8.54. The van der Waals surface area contributed by atoms with Crippen LogP contribution < -0.4 is 5.32 Å². The van der Waals surface area contributed by atoms with Gasteiger partial charge in [-0.3, -0.25) is 4.79 Å². The van der Waals surface area contributed by atoms with Crippen LogP contribution in [-0.4, -0.2) is 12.5 Å². The summed E-state index contributed by atoms with van der Waals surface area (Å²) >= 11 is 7.77. The number of fused-ring (bicyclic) bond motifs is 1. The van der Waals surface area contributed by atoms with E-state index in [1.54, 1.807) is 0 Å². The molecule has 0 radical (unpaired) electrons. The SMILES string of the molecule is CCOCc1ccccc1NC(=O)c1sc2ccccc2c1Cl. The quantitative estimate of drug-likeness (QED) is 0.677. The second-order valence-corrected chi connectivity index (χ2v) is 6.42. The number of halogens is 1. The van der Waals surface area contributed by atoms with Crippen molar-refractivity contribution in [2.75, 3.05) is 11.9 Å². The van der Waals surface area contributed by atoms with Crippen molar-refractivity contribution in [2.24, 2.45) is 0 Å². The van der Waals surface area contributed by atoms with E-state index < -0.39 is 0 Å². The molecule has 0 spiro atoms. The number of hydrogen-bond donors (Lipinski definition) is 1. The van der Waals surface area contributed by atoms with E-state index in [2.05, 4.69) is 5.32 Å². The summed E-state index contributed by atoms with van der Waals surface area (Å²) in [6.07, 6.45) is 0. The van der Waals surface area contributed by atoms with Gasteiger partial charge in [-0.25, -0.2) is 0 Å². The van der Waals surface area contributed by atoms with Crippen LogP contribution in [0.5, 0.6) is 0 Å². The molecule has 2 aromatic carbocycles. The van der Waals surface area contributed by atoms with Gasteiger partial charge >= 0.3 is 0 Å². The van der Waals surface area contributed by atoms with E-state index in [4.69, 9.17) is 16.3 Å². The van der Waals surface area contributed by atoms with Gasteiger partial charge in [0.2, 0.25) is 0 Å². The minimum atomic E-state index is -0.194. The largest absolute Gasteiger partial charge is 0.377 e. The molecule has 0 unspecified atom stereocenters. The number of anilines is 1. The predicted octanol–water partition coefficient (Wildman–Crippen LogP) is 5.34. The van der Waals surface area contributed by atoms with E-state index >= 15 is 0 Å². The fourth-order valence-electron chi connectivity index (χ4n) is 2.32. The van der Waals surface area contributed by atoms with Gasteiger partial charge in [0.15, 0.2) is 0 Å². The summed E-state index contributed by atoms with van der Waals surface area (Å²) < 4.78 is 6.45. The highest BCUT2D eigenvalue weighted by molar-refractivity contribution is 7.21. The Morgan fingerprint density at radius 2 is 1.91 bits per heavy atom. The average molecular weight is 346 g/mol. The fourth-order valence-corrected chi connectivity index (χ4v) is 3.73. The van der Waals surface area contributed by atoms with Crippen molar-refractivity contribution >= 4 is 44.6 Å². The van der Waals surface area contributed by atoms with Crippen LogP contribution in [0.3, 0.4) is 0 Å². The average Bonchev–Trinajstić information content (AvgIpc) is 2.91. The molecule has 1 aromatic heterocycles. The Balaban J connectivity index is 1.88. The van der Waals surface area contributed by atoms with E-state index in [1.165, 1.54) is 11.3 Å². The summed E-state index contributed by atoms with van der Waals surface area (Å²) in [6.45, 7) is 3.04. The molecule has 1 heterocycles. The van der Waals surface area contributed by atoms with E-state index in [0.29, 0.717) is 23.1 Å². The molecule has 0 saturated carbocycles. The topological polar surface area (TPSA) is 38.3 Å². The molecule has 0 aliphatic rings. The van der Waals surface area contributed by atoms with Crippen molar-refractivity contribution in [1.82, 2.24) is 0 Å². The summed E-state index contributed by atoms with van der Waals surface area (Å²) in [5.74, 6) is -0.194. The summed E-state index contributed by atoms with van der Waals surface area (Å²) in [7, 11) is 0. The zero-order valence-corrected chi connectivity index (χ0v) is 14.2. The number of rotatable bonds is 5. The van der Waals surface area contributed by atoms with Crippen molar-refractivity contribution in [3.63, 3.8) is 0 Å². The van der Waals surface area contributed by atoms with E-state index in [1.807, 2.05) is 55.5 Å². The number of ether oxygens (including phenoxy) is 1. The molecule has 0 bridgehead atoms. The van der Waals surface area contributed by atoms with Crippen LogP contribution in [0.2, 0.25) is 5.02 Å². The minimum Gasteiger partial charge on any atom is -0.377 e. The van der Waals surface area contributed by atoms with Gasteiger partial charge in [0.1, 0.15) is 4.88 Å². The van der Waals surface area contributed by atoms with Crippen LogP contribution in [0.15, 0.2) is 48.5 Å². The van der Waals surface area contributed by atoms with Gasteiger partial charge in [-0.1, -0.05) is 48.0 Å². The molecule has 0 saturated heterocycles. The zero-order chi connectivity index (χ0) is 16.2. The number of carbonyl (C=O) groups is 1. The van der Waals surface area contributed by atoms with Gasteiger partial charge < -0.3 is 10.1 Å². The monoisotopic (exact) mass is 345 g/mol. The second kappa shape index (κ2) is 7.13. The third-order valence-corrected chi connectivity index (χ3v) is 5.14. The lowest BCUT2D eigenvalue weighted by Crippen LogP contribution is -2.12. The van der Waals surface area contributed by atoms with Gasteiger partial charge in [-0.2, -0.15) is 0 Å². The van der Waals surface area contributed by atoms with E-state index in [-0.39, 0.29) is 5.91 Å². The zero-order valence-electron chi connectivity index (χ0n) is 12.6. The molecular formula is C18H16ClNO2S. The van der Waals surface area contributed by atoms with E-state index in [9.17, 15) is 4.79 Å². The first-order valence-electron chi connectivity index (χ1n) is 7.34. The lowest BCUT2D eigenvalue weighted by atomic mass is 10.2. The van der Waals surface area contributed by atoms with Crippen molar-refractivity contribution < 1.29 is 9.53 Å². The fraction of sp³-hybridized carbons (Fsp3) is 0.167. The summed E-state index contributed by atoms with van der Waals surface area (Å²) in [5, 5.41) is 4.36. The maximum atomic E-state index is 12.6. The van der Waals surface area contributed by atoms with Crippen LogP contribution >= 0.6 is 22.9 Å². The van der Waals surface area contributed by atoms with Crippen LogP contribution in [0.25, 0.3) is 10.1 Å². The van der Waals surface area contributed by atoms with Crippen LogP contribution in [0.1, 0.15) is 22.2 Å². The molecule has 3 aromatic rings. The van der Waals surface area contributed by atoms with Crippen molar-refractivity contribution in [1.29, 1.82) is 0 Å². The molecule has 1 N–H and O–H groups in total. The first kappa shape index (κ1) is 16.0. The molecule has 3 nitrogen and oxygen atoms in total. The standard InChI is InChI=1S/C18H16ClNO2S/c1-2-22-11-12-7-3-5-9-14(12)20-18(21)17-16(19)13-8-4-6-10-15(13)23-17/h3-10H,2,11H2,1H3,(H,20,21). The van der Waals surface area contributed by atoms with Crippen molar-refractivity contribution in [2.45, 2.75) is 13.5 Å². The van der Waals surface area contributed by atoms with Crippen molar-refractivity contribution in [3.8, 4) is 0 Å². The highest BCUT2D eigenvalue weighted by Crippen LogP contribution is 2.35. The van der Waals surface area contributed by atoms with Gasteiger partial charge in [0.05, 0.1) is 11.6 Å². The summed E-state index contributed by atoms with van der Waals surface area (Å²) in [6, 6.07) is 15.4. The number of amides is 1. The number of para-hydroxylation sites is 1. The highest BCUT2D eigenvalue weighted by Gasteiger charge is 2.17. The number of hydrogen-bond acceptors (Lipinski definition) is 3. The lowest BCUT2D eigenvalue weighted by Gasteiger charge is -2.10. The summed E-state index contributed by atoms with van der Waals surface area (Å²) in [4.78, 5) is 13.1. The molecule has 0 aliphatic heterocycles. The smallest absolute Gasteiger partial charge is 0.267 e. The maximum Gasteiger partial charge on any atom is 0.267 e. The Hall–Kier alpha value is -1.88. The molecule has 0 fully saturated rings. The molecule has 118 valence electrons. The van der Waals surface area contributed by atoms with Crippen LogP contribution in [0.4, 0.5) is 5.69 Å². The molecule has 0 atom stereocenters. The molecule has 23 heavy (non-hydrogen) atoms. The third kappa shape index (κ3) is 3.39. The third-order valence-electron chi connectivity index (χ3n) is 3.47. The molecule has 5 heteroatoms. The Morgan fingerprint density at radius 3 is 2.70 bits per heavy atom. The van der Waals surface area contributed by atoms with Gasteiger partial charge in [0, 0.05) is 27.9 Å². The van der Waals surface area contributed by atoms with Gasteiger partial charge in [-0.15, -0.1) is 11.3 Å². The number of benzene rings is 2. The molecular weight excluding hydrogens is 330 g/mol. The highest BCUT2D eigenvalue weighted by atomic mass is 35.5. The van der Waals surface area contributed by atoms with Crippen LogP contribution in [0, 0.1) is 0 Å². The Bertz CT molecular complexity index is 844. The normalized spacial score (nSPS) is 10.9. The molecule has 1 amide bonds. The minimum absolute atomic E-state index is 0.194. The number of nitrogens with one attached hydrogen (secondary N) is 1. The Morgan fingerprint density at radius 1 is 1.17 bits per heavy atom. The molecule has 3 rings (SSSR count). The lowest BCUT2D eigenvalue weighted by molar-refractivity contribution is 0.103. The molecule has 0 aliphatic carbocycles. The van der Waals surface area contributed by atoms with E-state index in [0.717, 1.165) is 21.3 Å². The van der Waals surface area contributed by atoms with Crippen LogP contribution in [-0.2, 0) is 11.3 Å². The van der Waals surface area contributed by atoms with Gasteiger partial charge in [0.25, 0.3) is 5.91 Å². The predicted molar refractivity (Wildman–Crippen MR) is 96.6 cm³/mol. The number of carbonyl (C=O) groups excluding carboxylic acids is 1. The Kier molecular flexibility index (Phi) is 4.96. The van der Waals surface area contributed by atoms with Gasteiger partial charge in [-0.05, 0) is 19.1 Å². The Labute approximate surface area is 143 Å².